The second-order valence-corrected chi connectivity index (χ2v) is 7.14. The lowest BCUT2D eigenvalue weighted by Crippen LogP contribution is -2.28. The van der Waals surface area contributed by atoms with E-state index in [9.17, 15) is 9.59 Å². The number of thiophene rings is 1. The van der Waals surface area contributed by atoms with E-state index in [1.807, 2.05) is 46.8 Å². The Morgan fingerprint density at radius 1 is 1.30 bits per heavy atom. The van der Waals surface area contributed by atoms with E-state index in [-0.39, 0.29) is 30.8 Å². The number of amides is 1. The van der Waals surface area contributed by atoms with Crippen molar-refractivity contribution in [2.24, 2.45) is 0 Å². The fraction of sp³-hybridized carbons (Fsp3) is 0.600. The Bertz CT molecular complexity index is 474. The normalized spacial score (nSPS) is 12.8. The van der Waals surface area contributed by atoms with Crippen LogP contribution in [0.4, 0.5) is 0 Å². The zero-order valence-corrected chi connectivity index (χ0v) is 13.6. The smallest absolute Gasteiger partial charge is 0.306 e. The monoisotopic (exact) mass is 297 g/mol. The molecule has 0 saturated carbocycles. The minimum atomic E-state index is -0.505. The second kappa shape index (κ2) is 6.88. The quantitative estimate of drug-likeness (QED) is 0.848. The molecule has 1 N–H and O–H groups in total. The highest BCUT2D eigenvalue weighted by Crippen LogP contribution is 2.22. The molecule has 4 nitrogen and oxygen atoms in total. The molecule has 0 radical (unpaired) electrons. The highest BCUT2D eigenvalue weighted by molar-refractivity contribution is 7.12. The van der Waals surface area contributed by atoms with Gasteiger partial charge < -0.3 is 10.1 Å². The van der Waals surface area contributed by atoms with Gasteiger partial charge in [-0.25, -0.2) is 0 Å². The molecule has 1 rings (SSSR count). The van der Waals surface area contributed by atoms with Gasteiger partial charge in [-0.15, -0.1) is 11.3 Å². The number of aryl methyl sites for hydroxylation is 1. The highest BCUT2D eigenvalue weighted by atomic mass is 32.1. The fourth-order valence-corrected chi connectivity index (χ4v) is 2.56. The van der Waals surface area contributed by atoms with Gasteiger partial charge in [0.15, 0.2) is 0 Å². The van der Waals surface area contributed by atoms with Gasteiger partial charge in [0.25, 0.3) is 0 Å². The molecule has 1 atom stereocenters. The van der Waals surface area contributed by atoms with E-state index >= 15 is 0 Å². The largest absolute Gasteiger partial charge is 0.460 e. The van der Waals surface area contributed by atoms with E-state index in [2.05, 4.69) is 5.32 Å². The molecule has 0 fully saturated rings. The molecule has 0 spiro atoms. The summed E-state index contributed by atoms with van der Waals surface area (Å²) in [5.41, 5.74) is -0.505. The van der Waals surface area contributed by atoms with Crippen LogP contribution in [0.25, 0.3) is 0 Å². The van der Waals surface area contributed by atoms with Gasteiger partial charge in [-0.1, -0.05) is 0 Å². The Hall–Kier alpha value is -1.36. The standard InChI is InChI=1S/C15H23NO3S/c1-10-6-7-12(20-10)11(2)16-13(17)8-9-14(18)19-15(3,4)5/h6-7,11H,8-9H2,1-5H3,(H,16,17). The van der Waals surface area contributed by atoms with Gasteiger partial charge in [0.2, 0.25) is 5.91 Å². The fourth-order valence-electron chi connectivity index (χ4n) is 1.68. The lowest BCUT2D eigenvalue weighted by molar-refractivity contribution is -0.155. The molecule has 1 amide bonds. The van der Waals surface area contributed by atoms with Crippen LogP contribution in [0.15, 0.2) is 12.1 Å². The van der Waals surface area contributed by atoms with Crippen LogP contribution >= 0.6 is 11.3 Å². The molecule has 0 aliphatic rings. The van der Waals surface area contributed by atoms with Crippen molar-refractivity contribution in [1.29, 1.82) is 0 Å². The first-order valence-electron chi connectivity index (χ1n) is 6.75. The second-order valence-electron chi connectivity index (χ2n) is 5.82. The van der Waals surface area contributed by atoms with Crippen LogP contribution in [-0.2, 0) is 14.3 Å². The molecule has 112 valence electrons. The predicted octanol–water partition coefficient (Wildman–Crippen LogP) is 3.36. The van der Waals surface area contributed by atoms with Crippen LogP contribution in [-0.4, -0.2) is 17.5 Å². The number of carbonyl (C=O) groups is 2. The first kappa shape index (κ1) is 16.7. The molecule has 1 aromatic heterocycles. The maximum atomic E-state index is 11.8. The minimum absolute atomic E-state index is 0.0279. The Labute approximate surface area is 124 Å². The molecule has 1 heterocycles. The molecule has 5 heteroatoms. The molecule has 1 unspecified atom stereocenters. The lowest BCUT2D eigenvalue weighted by Gasteiger charge is -2.19. The minimum Gasteiger partial charge on any atom is -0.460 e. The first-order valence-corrected chi connectivity index (χ1v) is 7.56. The average Bonchev–Trinajstić information content (AvgIpc) is 2.71. The van der Waals surface area contributed by atoms with E-state index in [1.165, 1.54) is 4.88 Å². The third-order valence-corrected chi connectivity index (χ3v) is 3.73. The van der Waals surface area contributed by atoms with Crippen molar-refractivity contribution in [2.75, 3.05) is 0 Å². The highest BCUT2D eigenvalue weighted by Gasteiger charge is 2.18. The van der Waals surface area contributed by atoms with Crippen molar-refractivity contribution >= 4 is 23.2 Å². The number of hydrogen-bond acceptors (Lipinski definition) is 4. The zero-order valence-electron chi connectivity index (χ0n) is 12.8. The number of esters is 1. The van der Waals surface area contributed by atoms with Gasteiger partial charge >= 0.3 is 5.97 Å². The molecular formula is C15H23NO3S. The van der Waals surface area contributed by atoms with Gasteiger partial charge in [-0.3, -0.25) is 9.59 Å². The van der Waals surface area contributed by atoms with Crippen LogP contribution in [0.5, 0.6) is 0 Å². The number of hydrogen-bond donors (Lipinski definition) is 1. The SMILES string of the molecule is Cc1ccc(C(C)NC(=O)CCC(=O)OC(C)(C)C)s1. The van der Waals surface area contributed by atoms with Crippen LogP contribution in [0, 0.1) is 6.92 Å². The Kier molecular flexibility index (Phi) is 5.74. The number of rotatable bonds is 5. The molecule has 0 aliphatic carbocycles. The van der Waals surface area contributed by atoms with E-state index in [1.54, 1.807) is 11.3 Å². The zero-order chi connectivity index (χ0) is 15.3. The van der Waals surface area contributed by atoms with E-state index in [4.69, 9.17) is 4.74 Å². The summed E-state index contributed by atoms with van der Waals surface area (Å²) in [4.78, 5) is 25.6. The van der Waals surface area contributed by atoms with E-state index in [0.29, 0.717) is 0 Å². The van der Waals surface area contributed by atoms with E-state index in [0.717, 1.165) is 4.88 Å². The van der Waals surface area contributed by atoms with Crippen LogP contribution in [0.2, 0.25) is 0 Å². The summed E-state index contributed by atoms with van der Waals surface area (Å²) in [7, 11) is 0. The third kappa shape index (κ3) is 6.19. The van der Waals surface area contributed by atoms with Crippen molar-refractivity contribution in [3.05, 3.63) is 21.9 Å². The Balaban J connectivity index is 2.35. The molecule has 0 aliphatic heterocycles. The van der Waals surface area contributed by atoms with Crippen molar-refractivity contribution in [2.45, 2.75) is 59.1 Å². The van der Waals surface area contributed by atoms with Gasteiger partial charge in [0.05, 0.1) is 12.5 Å². The topological polar surface area (TPSA) is 55.4 Å². The molecule has 0 bridgehead atoms. The Morgan fingerprint density at radius 3 is 2.45 bits per heavy atom. The molecule has 1 aromatic rings. The van der Waals surface area contributed by atoms with Crippen molar-refractivity contribution in [3.63, 3.8) is 0 Å². The summed E-state index contributed by atoms with van der Waals surface area (Å²) in [6.07, 6.45) is 0.267. The average molecular weight is 297 g/mol. The van der Waals surface area contributed by atoms with Crippen molar-refractivity contribution < 1.29 is 14.3 Å². The lowest BCUT2D eigenvalue weighted by atomic mass is 10.2. The first-order chi connectivity index (χ1) is 9.17. The third-order valence-electron chi connectivity index (χ3n) is 2.54. The molecule has 20 heavy (non-hydrogen) atoms. The van der Waals surface area contributed by atoms with Gasteiger partial charge in [-0.2, -0.15) is 0 Å². The predicted molar refractivity (Wildman–Crippen MR) is 80.7 cm³/mol. The summed E-state index contributed by atoms with van der Waals surface area (Å²) in [5.74, 6) is -0.471. The summed E-state index contributed by atoms with van der Waals surface area (Å²) in [6.45, 7) is 9.41. The Morgan fingerprint density at radius 2 is 1.95 bits per heavy atom. The molecular weight excluding hydrogens is 274 g/mol. The number of nitrogens with one attached hydrogen (secondary N) is 1. The summed E-state index contributed by atoms with van der Waals surface area (Å²) < 4.78 is 5.16. The summed E-state index contributed by atoms with van der Waals surface area (Å²) in [6, 6.07) is 4.02. The summed E-state index contributed by atoms with van der Waals surface area (Å²) in [5, 5.41) is 2.89. The number of ether oxygens (including phenoxy) is 1. The van der Waals surface area contributed by atoms with Crippen LogP contribution in [0.3, 0.4) is 0 Å². The van der Waals surface area contributed by atoms with Crippen LogP contribution < -0.4 is 5.32 Å². The molecule has 0 saturated heterocycles. The van der Waals surface area contributed by atoms with Crippen molar-refractivity contribution in [3.8, 4) is 0 Å². The maximum Gasteiger partial charge on any atom is 0.306 e. The number of carbonyl (C=O) groups excluding carboxylic acids is 2. The van der Waals surface area contributed by atoms with Gasteiger partial charge in [0, 0.05) is 16.2 Å². The van der Waals surface area contributed by atoms with Gasteiger partial charge in [-0.05, 0) is 46.8 Å². The maximum absolute atomic E-state index is 11.8. The van der Waals surface area contributed by atoms with Crippen molar-refractivity contribution in [1.82, 2.24) is 5.32 Å². The van der Waals surface area contributed by atoms with E-state index < -0.39 is 5.60 Å². The summed E-state index contributed by atoms with van der Waals surface area (Å²) >= 11 is 1.66. The molecule has 0 aromatic carbocycles. The van der Waals surface area contributed by atoms with Gasteiger partial charge in [0.1, 0.15) is 5.60 Å². The van der Waals surface area contributed by atoms with Crippen LogP contribution in [0.1, 0.15) is 56.3 Å².